The van der Waals surface area contributed by atoms with Crippen LogP contribution in [0.1, 0.15) is 23.6 Å². The highest BCUT2D eigenvalue weighted by molar-refractivity contribution is 7.89. The Kier molecular flexibility index (Phi) is 5.04. The summed E-state index contributed by atoms with van der Waals surface area (Å²) in [6.07, 6.45) is 4.20. The van der Waals surface area contributed by atoms with Gasteiger partial charge in [0.2, 0.25) is 10.0 Å². The first kappa shape index (κ1) is 19.1. The van der Waals surface area contributed by atoms with Gasteiger partial charge in [-0.2, -0.15) is 5.10 Å². The highest BCUT2D eigenvalue weighted by Gasteiger charge is 2.30. The molecule has 2 heterocycles. The normalized spacial score (nSPS) is 16.6. The Hall–Kier alpha value is -3.23. The molecule has 3 aromatic rings. The van der Waals surface area contributed by atoms with Crippen molar-refractivity contribution in [1.82, 2.24) is 4.98 Å². The van der Waals surface area contributed by atoms with Crippen LogP contribution in [0.5, 0.6) is 5.75 Å². The number of pyridine rings is 1. The van der Waals surface area contributed by atoms with Crippen LogP contribution < -0.4 is 14.9 Å². The van der Waals surface area contributed by atoms with Crippen LogP contribution in [-0.4, -0.2) is 26.2 Å². The van der Waals surface area contributed by atoms with Crippen LogP contribution in [0.4, 0.5) is 5.69 Å². The van der Waals surface area contributed by atoms with Crippen molar-refractivity contribution in [3.05, 3.63) is 84.2 Å². The number of primary sulfonamides is 1. The number of sulfonamides is 1. The van der Waals surface area contributed by atoms with Crippen molar-refractivity contribution < 1.29 is 13.2 Å². The number of hydrogen-bond acceptors (Lipinski definition) is 6. The van der Waals surface area contributed by atoms with Gasteiger partial charge in [-0.25, -0.2) is 13.6 Å². The average molecular weight is 408 g/mol. The number of nitrogens with zero attached hydrogens (tertiary/aromatic N) is 3. The first-order chi connectivity index (χ1) is 14.0. The molecule has 0 fully saturated rings. The minimum atomic E-state index is -3.75. The summed E-state index contributed by atoms with van der Waals surface area (Å²) in [4.78, 5) is 4.26. The minimum absolute atomic E-state index is 0.0450. The molecule has 4 rings (SSSR count). The topological polar surface area (TPSA) is 97.9 Å². The first-order valence-corrected chi connectivity index (χ1v) is 10.5. The molecule has 1 aliphatic rings. The van der Waals surface area contributed by atoms with Crippen molar-refractivity contribution in [3.8, 4) is 5.75 Å². The van der Waals surface area contributed by atoms with E-state index in [1.54, 1.807) is 31.6 Å². The van der Waals surface area contributed by atoms with E-state index in [1.807, 2.05) is 41.4 Å². The molecule has 0 spiro atoms. The molecule has 1 atom stereocenters. The molecule has 7 nitrogen and oxygen atoms in total. The Morgan fingerprint density at radius 1 is 1.07 bits per heavy atom. The molecule has 0 amide bonds. The van der Waals surface area contributed by atoms with E-state index in [1.165, 1.54) is 12.1 Å². The van der Waals surface area contributed by atoms with E-state index in [2.05, 4.69) is 4.98 Å². The maximum Gasteiger partial charge on any atom is 0.238 e. The monoisotopic (exact) mass is 408 g/mol. The van der Waals surface area contributed by atoms with E-state index in [4.69, 9.17) is 15.0 Å². The number of rotatable bonds is 5. The van der Waals surface area contributed by atoms with Gasteiger partial charge in [0, 0.05) is 24.4 Å². The minimum Gasteiger partial charge on any atom is -0.497 e. The molecule has 1 unspecified atom stereocenters. The number of ether oxygens (including phenoxy) is 1. The lowest BCUT2D eigenvalue weighted by Gasteiger charge is -2.24. The number of benzene rings is 2. The fourth-order valence-corrected chi connectivity index (χ4v) is 3.85. The Balaban J connectivity index is 1.73. The largest absolute Gasteiger partial charge is 0.497 e. The van der Waals surface area contributed by atoms with Crippen LogP contribution >= 0.6 is 0 Å². The predicted octanol–water partition coefficient (Wildman–Crippen LogP) is 3.09. The summed E-state index contributed by atoms with van der Waals surface area (Å²) in [5.74, 6) is 0.782. The summed E-state index contributed by atoms with van der Waals surface area (Å²) in [5.41, 5.74) is 3.71. The zero-order chi connectivity index (χ0) is 20.4. The molecule has 148 valence electrons. The van der Waals surface area contributed by atoms with Gasteiger partial charge in [-0.05, 0) is 48.0 Å². The molecule has 1 aliphatic heterocycles. The SMILES string of the molecule is COc1ccc(C2CC(c3cccnc3)=NN2c2ccc(S(N)(=O)=O)cc2)cc1. The molecular formula is C21H20N4O3S. The number of hydrogen-bond donors (Lipinski definition) is 1. The zero-order valence-electron chi connectivity index (χ0n) is 15.8. The molecule has 0 saturated carbocycles. The zero-order valence-corrected chi connectivity index (χ0v) is 16.6. The molecule has 29 heavy (non-hydrogen) atoms. The summed E-state index contributed by atoms with van der Waals surface area (Å²) < 4.78 is 28.4. The number of hydrazone groups is 1. The molecule has 0 radical (unpaired) electrons. The predicted molar refractivity (Wildman–Crippen MR) is 111 cm³/mol. The molecular weight excluding hydrogens is 388 g/mol. The van der Waals surface area contributed by atoms with E-state index in [0.717, 1.165) is 28.3 Å². The van der Waals surface area contributed by atoms with Gasteiger partial charge in [-0.15, -0.1) is 0 Å². The van der Waals surface area contributed by atoms with E-state index in [-0.39, 0.29) is 10.9 Å². The number of methoxy groups -OCH3 is 1. The molecule has 0 aliphatic carbocycles. The Labute approximate surface area is 169 Å². The lowest BCUT2D eigenvalue weighted by molar-refractivity contribution is 0.414. The quantitative estimate of drug-likeness (QED) is 0.700. The van der Waals surface area contributed by atoms with Crippen LogP contribution in [-0.2, 0) is 10.0 Å². The highest BCUT2D eigenvalue weighted by atomic mass is 32.2. The summed E-state index contributed by atoms with van der Waals surface area (Å²) in [6, 6.07) is 18.1. The fourth-order valence-electron chi connectivity index (χ4n) is 3.33. The van der Waals surface area contributed by atoms with Gasteiger partial charge in [0.1, 0.15) is 5.75 Å². The van der Waals surface area contributed by atoms with Gasteiger partial charge in [0.15, 0.2) is 0 Å². The fraction of sp³-hybridized carbons (Fsp3) is 0.143. The smallest absolute Gasteiger partial charge is 0.238 e. The van der Waals surface area contributed by atoms with Gasteiger partial charge < -0.3 is 4.74 Å². The third kappa shape index (κ3) is 3.98. The molecule has 1 aromatic heterocycles. The maximum atomic E-state index is 11.6. The molecule has 8 heteroatoms. The second-order valence-corrected chi connectivity index (χ2v) is 8.23. The summed E-state index contributed by atoms with van der Waals surface area (Å²) in [5, 5.41) is 11.9. The van der Waals surface area contributed by atoms with E-state index >= 15 is 0 Å². The molecule has 0 bridgehead atoms. The highest BCUT2D eigenvalue weighted by Crippen LogP contribution is 2.37. The van der Waals surface area contributed by atoms with Crippen molar-refractivity contribution >= 4 is 21.4 Å². The van der Waals surface area contributed by atoms with E-state index < -0.39 is 10.0 Å². The van der Waals surface area contributed by atoms with Crippen LogP contribution in [0.3, 0.4) is 0 Å². The molecule has 0 saturated heterocycles. The standard InChI is InChI=1S/C21H20N4O3S/c1-28-18-8-4-15(5-9-18)21-13-20(16-3-2-12-23-14-16)24-25(21)17-6-10-19(11-7-17)29(22,26)27/h2-12,14,21H,13H2,1H3,(H2,22,26,27). The van der Waals surface area contributed by atoms with Crippen molar-refractivity contribution in [2.24, 2.45) is 10.2 Å². The Bertz CT molecular complexity index is 1130. The van der Waals surface area contributed by atoms with Crippen LogP contribution in [0, 0.1) is 0 Å². The van der Waals surface area contributed by atoms with Crippen molar-refractivity contribution in [2.45, 2.75) is 17.4 Å². The second kappa shape index (κ2) is 7.65. The lowest BCUT2D eigenvalue weighted by Crippen LogP contribution is -2.19. The average Bonchev–Trinajstić information content (AvgIpc) is 3.19. The number of nitrogens with two attached hydrogens (primary N) is 1. The lowest BCUT2D eigenvalue weighted by atomic mass is 9.99. The van der Waals surface area contributed by atoms with Crippen LogP contribution in [0.25, 0.3) is 0 Å². The van der Waals surface area contributed by atoms with Gasteiger partial charge in [0.05, 0.1) is 29.4 Å². The van der Waals surface area contributed by atoms with Gasteiger partial charge in [0.25, 0.3) is 0 Å². The van der Waals surface area contributed by atoms with Gasteiger partial charge in [-0.3, -0.25) is 9.99 Å². The third-order valence-corrected chi connectivity index (χ3v) is 5.76. The maximum absolute atomic E-state index is 11.6. The van der Waals surface area contributed by atoms with Crippen molar-refractivity contribution in [1.29, 1.82) is 0 Å². The van der Waals surface area contributed by atoms with Crippen molar-refractivity contribution in [2.75, 3.05) is 12.1 Å². The number of anilines is 1. The molecule has 2 N–H and O–H groups in total. The Morgan fingerprint density at radius 2 is 1.79 bits per heavy atom. The second-order valence-electron chi connectivity index (χ2n) is 6.66. The van der Waals surface area contributed by atoms with E-state index in [9.17, 15) is 8.42 Å². The van der Waals surface area contributed by atoms with Gasteiger partial charge in [-0.1, -0.05) is 18.2 Å². The van der Waals surface area contributed by atoms with Gasteiger partial charge >= 0.3 is 0 Å². The van der Waals surface area contributed by atoms with Crippen LogP contribution in [0.2, 0.25) is 0 Å². The summed E-state index contributed by atoms with van der Waals surface area (Å²) >= 11 is 0. The summed E-state index contributed by atoms with van der Waals surface area (Å²) in [7, 11) is -2.11. The number of aromatic nitrogens is 1. The van der Waals surface area contributed by atoms with Crippen molar-refractivity contribution in [3.63, 3.8) is 0 Å². The Morgan fingerprint density at radius 3 is 2.38 bits per heavy atom. The molecule has 2 aromatic carbocycles. The van der Waals surface area contributed by atoms with Crippen LogP contribution in [0.15, 0.2) is 83.1 Å². The first-order valence-electron chi connectivity index (χ1n) is 8.99. The third-order valence-electron chi connectivity index (χ3n) is 4.84. The van der Waals surface area contributed by atoms with E-state index in [0.29, 0.717) is 6.42 Å². The summed E-state index contributed by atoms with van der Waals surface area (Å²) in [6.45, 7) is 0.